The van der Waals surface area contributed by atoms with Crippen LogP contribution in [0.25, 0.3) is 0 Å². The van der Waals surface area contributed by atoms with Crippen LogP contribution in [0.4, 0.5) is 0 Å². The molecular formula is C17H34. The Morgan fingerprint density at radius 2 is 1.53 bits per heavy atom. The third-order valence-corrected chi connectivity index (χ3v) is 5.47. The zero-order valence-corrected chi connectivity index (χ0v) is 13.1. The van der Waals surface area contributed by atoms with E-state index in [1.165, 1.54) is 38.5 Å². The molecule has 3 unspecified atom stereocenters. The van der Waals surface area contributed by atoms with Crippen LogP contribution in [-0.2, 0) is 0 Å². The van der Waals surface area contributed by atoms with Crippen LogP contribution in [-0.4, -0.2) is 0 Å². The van der Waals surface area contributed by atoms with Gasteiger partial charge in [-0.15, -0.1) is 0 Å². The van der Waals surface area contributed by atoms with Gasteiger partial charge in [0.2, 0.25) is 0 Å². The molecule has 0 aliphatic heterocycles. The molecule has 0 bridgehead atoms. The largest absolute Gasteiger partial charge is 0.0625 e. The molecule has 0 aromatic heterocycles. The molecule has 1 fully saturated rings. The van der Waals surface area contributed by atoms with Gasteiger partial charge in [-0.25, -0.2) is 0 Å². The zero-order valence-electron chi connectivity index (χ0n) is 13.1. The Balaban J connectivity index is 2.20. The fourth-order valence-electron chi connectivity index (χ4n) is 3.40. The van der Waals surface area contributed by atoms with Gasteiger partial charge in [-0.3, -0.25) is 0 Å². The Morgan fingerprint density at radius 1 is 0.941 bits per heavy atom. The smallest absolute Gasteiger partial charge is 0.0323 e. The second-order valence-corrected chi connectivity index (χ2v) is 7.63. The minimum absolute atomic E-state index is 0.715. The Hall–Kier alpha value is 0. The van der Waals surface area contributed by atoms with Gasteiger partial charge in [0.15, 0.2) is 0 Å². The maximum Gasteiger partial charge on any atom is -0.0323 e. The molecule has 0 N–H and O–H groups in total. The van der Waals surface area contributed by atoms with Crippen LogP contribution in [0.1, 0.15) is 80.1 Å². The third kappa shape index (κ3) is 4.64. The van der Waals surface area contributed by atoms with Gasteiger partial charge in [0.05, 0.1) is 0 Å². The van der Waals surface area contributed by atoms with Gasteiger partial charge in [0.1, 0.15) is 0 Å². The summed E-state index contributed by atoms with van der Waals surface area (Å²) in [6, 6.07) is 0. The Labute approximate surface area is 110 Å². The average Bonchev–Trinajstić information content (AvgIpc) is 2.22. The molecule has 0 aromatic rings. The molecule has 0 aromatic carbocycles. The topological polar surface area (TPSA) is 0 Å². The highest BCUT2D eigenvalue weighted by molar-refractivity contribution is 4.84. The highest BCUT2D eigenvalue weighted by Crippen LogP contribution is 2.46. The first-order valence-corrected chi connectivity index (χ1v) is 7.84. The van der Waals surface area contributed by atoms with Crippen LogP contribution in [0.5, 0.6) is 0 Å². The van der Waals surface area contributed by atoms with Crippen molar-refractivity contribution >= 4 is 0 Å². The van der Waals surface area contributed by atoms with Crippen molar-refractivity contribution in [3.05, 3.63) is 0 Å². The van der Waals surface area contributed by atoms with Crippen molar-refractivity contribution in [2.75, 3.05) is 0 Å². The monoisotopic (exact) mass is 238 g/mol. The summed E-state index contributed by atoms with van der Waals surface area (Å²) in [5, 5.41) is 0. The molecule has 0 radical (unpaired) electrons. The van der Waals surface area contributed by atoms with Crippen LogP contribution in [0, 0.1) is 29.1 Å². The highest BCUT2D eigenvalue weighted by Gasteiger charge is 2.32. The summed E-state index contributed by atoms with van der Waals surface area (Å²) < 4.78 is 0. The van der Waals surface area contributed by atoms with Crippen molar-refractivity contribution in [1.82, 2.24) is 0 Å². The summed E-state index contributed by atoms with van der Waals surface area (Å²) >= 11 is 0. The van der Waals surface area contributed by atoms with Gasteiger partial charge in [-0.1, -0.05) is 60.8 Å². The van der Waals surface area contributed by atoms with Gasteiger partial charge in [-0.2, -0.15) is 0 Å². The lowest BCUT2D eigenvalue weighted by Crippen LogP contribution is -2.28. The summed E-state index contributed by atoms with van der Waals surface area (Å²) in [5.74, 6) is 3.54. The van der Waals surface area contributed by atoms with Gasteiger partial charge in [0, 0.05) is 0 Å². The van der Waals surface area contributed by atoms with Crippen molar-refractivity contribution in [3.63, 3.8) is 0 Å². The van der Waals surface area contributed by atoms with Crippen LogP contribution >= 0.6 is 0 Å². The third-order valence-electron chi connectivity index (χ3n) is 5.47. The maximum absolute atomic E-state index is 2.49. The fraction of sp³-hybridized carbons (Fsp3) is 1.00. The molecule has 102 valence electrons. The van der Waals surface area contributed by atoms with E-state index in [0.29, 0.717) is 5.41 Å². The standard InChI is InChI=1S/C17H34/c1-13(2)16(5)15(4)9-8-14(3)12-17(6)10-7-11-17/h13-16H,7-12H2,1-6H3. The second-order valence-electron chi connectivity index (χ2n) is 7.63. The lowest BCUT2D eigenvalue weighted by atomic mass is 9.65. The number of rotatable bonds is 7. The minimum Gasteiger partial charge on any atom is -0.0625 e. The van der Waals surface area contributed by atoms with Gasteiger partial charge < -0.3 is 0 Å². The minimum atomic E-state index is 0.715. The average molecular weight is 238 g/mol. The van der Waals surface area contributed by atoms with Crippen molar-refractivity contribution < 1.29 is 0 Å². The van der Waals surface area contributed by atoms with Gasteiger partial charge >= 0.3 is 0 Å². The van der Waals surface area contributed by atoms with E-state index in [0.717, 1.165) is 23.7 Å². The number of hydrogen-bond donors (Lipinski definition) is 0. The van der Waals surface area contributed by atoms with E-state index in [4.69, 9.17) is 0 Å². The normalized spacial score (nSPS) is 24.2. The molecule has 1 saturated carbocycles. The first kappa shape index (κ1) is 15.1. The summed E-state index contributed by atoms with van der Waals surface area (Å²) in [6.45, 7) is 14.6. The van der Waals surface area contributed by atoms with Crippen molar-refractivity contribution in [2.45, 2.75) is 80.1 Å². The molecule has 0 heteroatoms. The summed E-state index contributed by atoms with van der Waals surface area (Å²) in [5.41, 5.74) is 0.715. The molecule has 0 spiro atoms. The Kier molecular flexibility index (Phi) is 5.54. The van der Waals surface area contributed by atoms with Crippen LogP contribution in [0.3, 0.4) is 0 Å². The summed E-state index contributed by atoms with van der Waals surface area (Å²) in [6.07, 6.45) is 8.77. The van der Waals surface area contributed by atoms with E-state index in [-0.39, 0.29) is 0 Å². The second kappa shape index (κ2) is 6.25. The van der Waals surface area contributed by atoms with Crippen LogP contribution in [0.2, 0.25) is 0 Å². The molecule has 0 amide bonds. The molecule has 0 nitrogen and oxygen atoms in total. The van der Waals surface area contributed by atoms with Crippen molar-refractivity contribution in [2.24, 2.45) is 29.1 Å². The van der Waals surface area contributed by atoms with Gasteiger partial charge in [0.25, 0.3) is 0 Å². The predicted octanol–water partition coefficient (Wildman–Crippen LogP) is 5.91. The first-order valence-electron chi connectivity index (χ1n) is 7.84. The maximum atomic E-state index is 2.49. The van der Waals surface area contributed by atoms with Crippen LogP contribution < -0.4 is 0 Å². The fourth-order valence-corrected chi connectivity index (χ4v) is 3.40. The highest BCUT2D eigenvalue weighted by atomic mass is 14.4. The molecule has 17 heavy (non-hydrogen) atoms. The van der Waals surface area contributed by atoms with E-state index in [1.54, 1.807) is 0 Å². The quantitative estimate of drug-likeness (QED) is 0.517. The van der Waals surface area contributed by atoms with E-state index in [2.05, 4.69) is 41.5 Å². The van der Waals surface area contributed by atoms with E-state index in [1.807, 2.05) is 0 Å². The molecule has 1 aliphatic rings. The molecule has 0 saturated heterocycles. The van der Waals surface area contributed by atoms with Crippen molar-refractivity contribution in [3.8, 4) is 0 Å². The van der Waals surface area contributed by atoms with E-state index in [9.17, 15) is 0 Å². The Morgan fingerprint density at radius 3 is 1.94 bits per heavy atom. The van der Waals surface area contributed by atoms with E-state index < -0.39 is 0 Å². The molecule has 1 aliphatic carbocycles. The van der Waals surface area contributed by atoms with Crippen LogP contribution in [0.15, 0.2) is 0 Å². The Bertz CT molecular complexity index is 212. The molecular weight excluding hydrogens is 204 g/mol. The first-order chi connectivity index (χ1) is 7.84. The SMILES string of the molecule is CC(CCC(C)C(C)C(C)C)CC1(C)CCC1. The number of hydrogen-bond acceptors (Lipinski definition) is 0. The van der Waals surface area contributed by atoms with Crippen molar-refractivity contribution in [1.29, 1.82) is 0 Å². The molecule has 0 heterocycles. The van der Waals surface area contributed by atoms with E-state index >= 15 is 0 Å². The molecule has 1 rings (SSSR count). The predicted molar refractivity (Wildman–Crippen MR) is 78.1 cm³/mol. The molecule has 3 atom stereocenters. The lowest BCUT2D eigenvalue weighted by molar-refractivity contribution is 0.115. The lowest BCUT2D eigenvalue weighted by Gasteiger charge is -2.40. The zero-order chi connectivity index (χ0) is 13.1. The summed E-state index contributed by atoms with van der Waals surface area (Å²) in [4.78, 5) is 0. The summed E-state index contributed by atoms with van der Waals surface area (Å²) in [7, 11) is 0. The van der Waals surface area contributed by atoms with Gasteiger partial charge in [-0.05, 0) is 48.3 Å².